The van der Waals surface area contributed by atoms with Gasteiger partial charge in [0.05, 0.1) is 0 Å². The number of hydrogen-bond donors (Lipinski definition) is 2. The van der Waals surface area contributed by atoms with Gasteiger partial charge in [0.1, 0.15) is 11.6 Å². The van der Waals surface area contributed by atoms with Gasteiger partial charge in [-0.1, -0.05) is 4.90 Å². The van der Waals surface area contributed by atoms with Gasteiger partial charge in [-0.05, 0) is 0 Å². The minimum Gasteiger partial charge on any atom is -0.774 e. The first-order valence-electron chi connectivity index (χ1n) is 4.96. The summed E-state index contributed by atoms with van der Waals surface area (Å²) < 4.78 is 61.2. The Kier molecular flexibility index (Phi) is 7.01. The largest absolute Gasteiger partial charge is 0.774 e. The van der Waals surface area contributed by atoms with Crippen molar-refractivity contribution in [1.29, 1.82) is 0 Å². The molecule has 0 atom stereocenters. The van der Waals surface area contributed by atoms with Crippen LogP contribution >= 0.6 is 0 Å². The summed E-state index contributed by atoms with van der Waals surface area (Å²) in [7, 11) is 4.50. The van der Waals surface area contributed by atoms with Crippen LogP contribution < -0.4 is 10.5 Å². The molecule has 0 aliphatic heterocycles. The smallest absolute Gasteiger partial charge is 0.380 e. The Balaban J connectivity index is 0.000000437. The predicted molar refractivity (Wildman–Crippen MR) is 56.1 cm³/mol. The normalized spacial score (nSPS) is 9.82. The molecule has 4 N–H and O–H groups in total. The van der Waals surface area contributed by atoms with Crippen LogP contribution in [0, 0.1) is 29.1 Å². The van der Waals surface area contributed by atoms with E-state index in [1.807, 2.05) is 0 Å². The molecule has 0 aliphatic carbocycles. The van der Waals surface area contributed by atoms with Crippen LogP contribution in [0.15, 0.2) is 4.90 Å². The molecule has 0 saturated heterocycles. The molecule has 1 rings (SSSR count). The molecule has 0 radical (unpaired) electrons. The second-order valence-corrected chi connectivity index (χ2v) is 3.80. The maximum absolute atomic E-state index is 12.3. The highest BCUT2D eigenvalue weighted by Gasteiger charge is 2.19. The average Bonchev–Trinajstić information content (AvgIpc) is 2.33. The second-order valence-electron chi connectivity index (χ2n) is 3.39. The lowest BCUT2D eigenvalue weighted by molar-refractivity contribution is -0.611. The zero-order valence-electron chi connectivity index (χ0n) is 9.45. The fourth-order valence-electron chi connectivity index (χ4n) is 0.918. The van der Waals surface area contributed by atoms with Crippen molar-refractivity contribution < 1.29 is 32.4 Å². The molecule has 0 spiro atoms. The predicted octanol–water partition coefficient (Wildman–Crippen LogP) is -1.34. The Labute approximate surface area is 101 Å². The summed E-state index contributed by atoms with van der Waals surface area (Å²) >= 11 is 3.93. The number of nitrogens with two attached hydrogens (primary N) is 2. The molecule has 17 heavy (non-hydrogen) atoms. The van der Waals surface area contributed by atoms with Gasteiger partial charge >= 0.3 is 7.55 Å². The molecular weight excluding hydrogens is 262 g/mol. The number of quaternary nitrogens is 2. The summed E-state index contributed by atoms with van der Waals surface area (Å²) in [4.78, 5) is -1.29. The zero-order valence-corrected chi connectivity index (χ0v) is 10.3. The number of benzene rings is 1. The van der Waals surface area contributed by atoms with Gasteiger partial charge in [0.25, 0.3) is 0 Å². The van der Waals surface area contributed by atoms with Crippen molar-refractivity contribution in [3.8, 4) is 0 Å². The van der Waals surface area contributed by atoms with Crippen LogP contribution in [-0.4, -0.2) is 21.6 Å². The van der Waals surface area contributed by atoms with Crippen molar-refractivity contribution in [1.82, 2.24) is 0 Å². The molecule has 1 aromatic rings. The third-order valence-electron chi connectivity index (χ3n) is 1.84. The van der Waals surface area contributed by atoms with Gasteiger partial charge in [0.2, 0.25) is 0 Å². The molecule has 0 aromatic heterocycles. The molecule has 0 heterocycles. The van der Waals surface area contributed by atoms with Crippen molar-refractivity contribution in [2.75, 3.05) is 14.1 Å². The monoisotopic (exact) mass is 274 g/mol. The standard InChI is InChI=1S/C6HF5S.C2H12BN2/c7-1-2(8)4(10)6(12)5(11)3(1)9;1-4-3-5-2/h12H;3-5H2,1-2H3/q;+1/p-1. The molecule has 0 unspecified atom stereocenters. The van der Waals surface area contributed by atoms with Crippen LogP contribution in [-0.2, 0) is 12.6 Å². The SMILES string of the molecule is C[NH2+][BH2-][NH2+]C.Fc1c(F)c(F)c([S-])c(F)c1F. The van der Waals surface area contributed by atoms with Crippen molar-refractivity contribution in [2.45, 2.75) is 4.90 Å². The summed E-state index contributed by atoms with van der Waals surface area (Å²) in [6.07, 6.45) is 0. The van der Waals surface area contributed by atoms with E-state index < -0.39 is 34.0 Å². The van der Waals surface area contributed by atoms with Crippen molar-refractivity contribution in [3.63, 3.8) is 0 Å². The number of hydrogen-bond acceptors (Lipinski definition) is 1. The lowest BCUT2D eigenvalue weighted by Crippen LogP contribution is -3.05. The molecule has 0 amide bonds. The van der Waals surface area contributed by atoms with E-state index in [0.717, 1.165) is 0 Å². The first-order valence-corrected chi connectivity index (χ1v) is 5.37. The average molecular weight is 274 g/mol. The summed E-state index contributed by atoms with van der Waals surface area (Å²) in [5.41, 5.74) is 0. The van der Waals surface area contributed by atoms with Gasteiger partial charge < -0.3 is 23.1 Å². The molecule has 0 fully saturated rings. The lowest BCUT2D eigenvalue weighted by atomic mass is 10.2. The van der Waals surface area contributed by atoms with E-state index >= 15 is 0 Å². The van der Waals surface area contributed by atoms with Crippen LogP contribution in [0.3, 0.4) is 0 Å². The molecule has 0 bridgehead atoms. The highest BCUT2D eigenvalue weighted by Crippen LogP contribution is 2.21. The third kappa shape index (κ3) is 4.10. The van der Waals surface area contributed by atoms with Gasteiger partial charge in [0, 0.05) is 14.1 Å². The fourth-order valence-corrected chi connectivity index (χ4v) is 1.10. The number of halogens is 5. The van der Waals surface area contributed by atoms with Gasteiger partial charge in [-0.25, -0.2) is 22.0 Å². The van der Waals surface area contributed by atoms with Gasteiger partial charge in [-0.15, -0.1) is 0 Å². The number of rotatable bonds is 2. The van der Waals surface area contributed by atoms with E-state index in [1.54, 1.807) is 0 Å². The van der Waals surface area contributed by atoms with Gasteiger partial charge in [0.15, 0.2) is 17.5 Å². The maximum atomic E-state index is 12.3. The first kappa shape index (κ1) is 16.1. The Morgan fingerprint density at radius 2 is 1.06 bits per heavy atom. The minimum absolute atomic E-state index is 0.278. The summed E-state index contributed by atoms with van der Waals surface area (Å²) in [5, 5.41) is 4.50. The van der Waals surface area contributed by atoms with Crippen LogP contribution in [0.2, 0.25) is 0 Å². The Hall–Kier alpha value is -0.925. The van der Waals surface area contributed by atoms with E-state index in [4.69, 9.17) is 0 Å². The molecule has 2 nitrogen and oxygen atoms in total. The Morgan fingerprint density at radius 3 is 1.29 bits per heavy atom. The van der Waals surface area contributed by atoms with E-state index in [0.29, 0.717) is 0 Å². The van der Waals surface area contributed by atoms with E-state index in [9.17, 15) is 22.0 Å². The molecular formula is C8H12BF5N2S. The minimum atomic E-state index is -2.20. The molecule has 98 valence electrons. The summed E-state index contributed by atoms with van der Waals surface area (Å²) in [5.74, 6) is -10.2. The Bertz CT molecular complexity index is 284. The van der Waals surface area contributed by atoms with Gasteiger partial charge in [-0.2, -0.15) is 0 Å². The first-order chi connectivity index (χ1) is 7.88. The lowest BCUT2D eigenvalue weighted by Gasteiger charge is -2.10. The fraction of sp³-hybridized carbons (Fsp3) is 0.250. The van der Waals surface area contributed by atoms with Crippen molar-refractivity contribution >= 4 is 20.2 Å². The molecule has 9 heteroatoms. The van der Waals surface area contributed by atoms with E-state index in [-0.39, 0.29) is 7.55 Å². The van der Waals surface area contributed by atoms with Gasteiger partial charge in [-0.3, -0.25) is 0 Å². The van der Waals surface area contributed by atoms with Crippen molar-refractivity contribution in [2.24, 2.45) is 0 Å². The van der Waals surface area contributed by atoms with Crippen LogP contribution in [0.25, 0.3) is 0 Å². The van der Waals surface area contributed by atoms with E-state index in [2.05, 4.69) is 37.2 Å². The van der Waals surface area contributed by atoms with Crippen LogP contribution in [0.1, 0.15) is 0 Å². The topological polar surface area (TPSA) is 33.2 Å². The summed E-state index contributed by atoms with van der Waals surface area (Å²) in [6, 6.07) is 0. The zero-order chi connectivity index (χ0) is 13.6. The summed E-state index contributed by atoms with van der Waals surface area (Å²) in [6.45, 7) is 0. The maximum Gasteiger partial charge on any atom is 0.380 e. The molecule has 0 saturated carbocycles. The molecule has 1 aromatic carbocycles. The van der Waals surface area contributed by atoms with Crippen LogP contribution in [0.4, 0.5) is 22.0 Å². The second kappa shape index (κ2) is 7.41. The van der Waals surface area contributed by atoms with Crippen molar-refractivity contribution in [3.05, 3.63) is 29.1 Å². The quantitative estimate of drug-likeness (QED) is 0.226. The molecule has 0 aliphatic rings. The highest BCUT2D eigenvalue weighted by atomic mass is 32.1. The highest BCUT2D eigenvalue weighted by molar-refractivity contribution is 7.58. The third-order valence-corrected chi connectivity index (χ3v) is 2.19. The Morgan fingerprint density at radius 1 is 0.765 bits per heavy atom. The van der Waals surface area contributed by atoms with E-state index in [1.165, 1.54) is 0 Å². The van der Waals surface area contributed by atoms with Crippen LogP contribution in [0.5, 0.6) is 0 Å².